The van der Waals surface area contributed by atoms with E-state index < -0.39 is 32.0 Å². The number of H-pyrrole nitrogens is 1. The summed E-state index contributed by atoms with van der Waals surface area (Å²) in [6, 6.07) is 20.9. The van der Waals surface area contributed by atoms with E-state index in [1.165, 1.54) is 6.07 Å². The molecular formula is C28H18N6O8S2. The molecule has 0 aliphatic rings. The maximum absolute atomic E-state index is 12.6. The predicted molar refractivity (Wildman–Crippen MR) is 161 cm³/mol. The molecule has 0 saturated heterocycles. The monoisotopic (exact) mass is 630 g/mol. The van der Waals surface area contributed by atoms with Crippen molar-refractivity contribution in [3.63, 3.8) is 0 Å². The van der Waals surface area contributed by atoms with Crippen molar-refractivity contribution in [3.8, 4) is 5.75 Å². The van der Waals surface area contributed by atoms with Crippen LogP contribution in [-0.2, 0) is 19.5 Å². The zero-order chi connectivity index (χ0) is 30.8. The fourth-order valence-electron chi connectivity index (χ4n) is 4.45. The Morgan fingerprint density at radius 2 is 1.66 bits per heavy atom. The van der Waals surface area contributed by atoms with E-state index in [9.17, 15) is 22.9 Å². The van der Waals surface area contributed by atoms with E-state index in [1.54, 1.807) is 42.6 Å². The van der Waals surface area contributed by atoms with Gasteiger partial charge in [-0.25, -0.2) is 5.26 Å². The standard InChI is InChI=1S/C28H18N6O8S2/c35-27-20-14-17(44(38,39)40)7-9-21(20)30-28(36)26(27)34-32-22-10-11-23(25-19(22)4-2-12-29-25)33-31-16-6-8-18-15(13-16)3-1-5-24(18)43-42-41-37/h1-14,37H,(H2,30,35,36)(H,38,39,40). The Morgan fingerprint density at radius 1 is 0.841 bits per heavy atom. The normalized spacial score (nSPS) is 12.3. The smallest absolute Gasteiger partial charge is 0.294 e. The van der Waals surface area contributed by atoms with Gasteiger partial charge >= 0.3 is 0 Å². The number of azo groups is 2. The van der Waals surface area contributed by atoms with Crippen LogP contribution in [0.1, 0.15) is 0 Å². The summed E-state index contributed by atoms with van der Waals surface area (Å²) >= 11 is 0.859. The van der Waals surface area contributed by atoms with E-state index in [0.717, 1.165) is 39.8 Å². The van der Waals surface area contributed by atoms with E-state index in [-0.39, 0.29) is 10.9 Å². The Balaban J connectivity index is 1.34. The molecule has 0 unspecified atom stereocenters. The number of benzene rings is 4. The first kappa shape index (κ1) is 29.0. The summed E-state index contributed by atoms with van der Waals surface area (Å²) in [7, 11) is -4.55. The van der Waals surface area contributed by atoms with Gasteiger partial charge in [0, 0.05) is 21.9 Å². The molecule has 0 fully saturated rings. The highest BCUT2D eigenvalue weighted by molar-refractivity contribution is 7.94. The predicted octanol–water partition coefficient (Wildman–Crippen LogP) is 7.44. The molecule has 0 aliphatic heterocycles. The number of rotatable bonds is 8. The summed E-state index contributed by atoms with van der Waals surface area (Å²) in [5.41, 5.74) is 0.668. The van der Waals surface area contributed by atoms with Crippen LogP contribution in [0.3, 0.4) is 0 Å². The largest absolute Gasteiger partial charge is 0.505 e. The fraction of sp³-hybridized carbons (Fsp3) is 0. The quantitative estimate of drug-likeness (QED) is 0.0429. The number of aromatic amines is 1. The van der Waals surface area contributed by atoms with E-state index in [2.05, 4.69) is 39.8 Å². The second-order valence-electron chi connectivity index (χ2n) is 9.12. The van der Waals surface area contributed by atoms with Crippen LogP contribution >= 0.6 is 12.0 Å². The number of pyridine rings is 2. The van der Waals surface area contributed by atoms with E-state index in [1.807, 2.05) is 24.3 Å². The summed E-state index contributed by atoms with van der Waals surface area (Å²) in [5, 5.41) is 41.9. The first-order valence-corrected chi connectivity index (χ1v) is 14.7. The summed E-state index contributed by atoms with van der Waals surface area (Å²) in [6.45, 7) is 0. The van der Waals surface area contributed by atoms with Crippen LogP contribution in [0.4, 0.5) is 22.7 Å². The van der Waals surface area contributed by atoms with Gasteiger partial charge < -0.3 is 10.1 Å². The molecule has 0 saturated carbocycles. The number of hydrogen-bond acceptors (Lipinski definition) is 13. The van der Waals surface area contributed by atoms with Crippen molar-refractivity contribution < 1.29 is 32.7 Å². The number of fused-ring (bicyclic) bond motifs is 3. The van der Waals surface area contributed by atoms with Crippen molar-refractivity contribution >= 4 is 77.5 Å². The van der Waals surface area contributed by atoms with Crippen LogP contribution in [0.5, 0.6) is 5.75 Å². The SMILES string of the molecule is O=c1[nH]c2ccc(S(=O)(=O)O)cc2c(O)c1N=Nc1ccc(N=Nc2ccc3c(SOOO)cccc3c2)c2ncccc12. The van der Waals surface area contributed by atoms with Crippen LogP contribution < -0.4 is 5.56 Å². The molecule has 4 aromatic carbocycles. The number of aromatic nitrogens is 2. The highest BCUT2D eigenvalue weighted by Gasteiger charge is 2.16. The Kier molecular flexibility index (Phi) is 7.83. The first-order valence-electron chi connectivity index (χ1n) is 12.5. The molecule has 0 bridgehead atoms. The summed E-state index contributed by atoms with van der Waals surface area (Å²) in [6.07, 6.45) is 1.57. The first-order chi connectivity index (χ1) is 21.2. The molecule has 2 heterocycles. The molecular weight excluding hydrogens is 612 g/mol. The molecule has 0 atom stereocenters. The van der Waals surface area contributed by atoms with Gasteiger partial charge in [0.1, 0.15) is 5.69 Å². The fourth-order valence-corrected chi connectivity index (χ4v) is 5.47. The Hall–Kier alpha value is -5.10. The minimum absolute atomic E-state index is 0.0489. The Morgan fingerprint density at radius 3 is 2.48 bits per heavy atom. The molecule has 16 heteroatoms. The molecule has 6 rings (SSSR count). The molecule has 0 spiro atoms. The van der Waals surface area contributed by atoms with E-state index in [0.29, 0.717) is 28.0 Å². The minimum atomic E-state index is -4.55. The maximum atomic E-state index is 12.6. The molecule has 14 nitrogen and oxygen atoms in total. The van der Waals surface area contributed by atoms with Gasteiger partial charge in [0.2, 0.25) is 0 Å². The number of nitrogens with zero attached hydrogens (tertiary/aromatic N) is 5. The van der Waals surface area contributed by atoms with Crippen molar-refractivity contribution in [2.45, 2.75) is 9.79 Å². The summed E-state index contributed by atoms with van der Waals surface area (Å²) in [4.78, 5) is 19.8. The number of nitrogens with one attached hydrogen (secondary N) is 1. The van der Waals surface area contributed by atoms with Gasteiger partial charge in [0.25, 0.3) is 15.7 Å². The van der Waals surface area contributed by atoms with Gasteiger partial charge in [-0.2, -0.15) is 13.5 Å². The zero-order valence-corrected chi connectivity index (χ0v) is 23.7. The van der Waals surface area contributed by atoms with Crippen LogP contribution in [-0.4, -0.2) is 33.3 Å². The summed E-state index contributed by atoms with van der Waals surface area (Å²) in [5.74, 6) is -0.610. The van der Waals surface area contributed by atoms with Crippen molar-refractivity contribution in [3.05, 3.63) is 95.4 Å². The minimum Gasteiger partial charge on any atom is -0.505 e. The average molecular weight is 631 g/mol. The van der Waals surface area contributed by atoms with Crippen LogP contribution in [0.15, 0.2) is 120 Å². The van der Waals surface area contributed by atoms with E-state index in [4.69, 9.17) is 5.26 Å². The van der Waals surface area contributed by atoms with Crippen LogP contribution in [0, 0.1) is 0 Å². The Bertz CT molecular complexity index is 2310. The Labute approximate surface area is 251 Å². The number of hydrogen-bond donors (Lipinski definition) is 4. The van der Waals surface area contributed by atoms with Crippen LogP contribution in [0.25, 0.3) is 32.6 Å². The van der Waals surface area contributed by atoms with Crippen LogP contribution in [0.2, 0.25) is 0 Å². The molecule has 0 radical (unpaired) electrons. The molecule has 44 heavy (non-hydrogen) atoms. The lowest BCUT2D eigenvalue weighted by Gasteiger charge is -2.06. The lowest BCUT2D eigenvalue weighted by Crippen LogP contribution is -2.06. The third-order valence-corrected chi connectivity index (χ3v) is 7.98. The second-order valence-corrected chi connectivity index (χ2v) is 11.3. The van der Waals surface area contributed by atoms with Gasteiger partial charge in [0.15, 0.2) is 11.4 Å². The molecule has 6 aromatic rings. The molecule has 2 aromatic heterocycles. The van der Waals surface area contributed by atoms with Gasteiger partial charge in [-0.05, 0) is 71.4 Å². The molecule has 0 amide bonds. The highest BCUT2D eigenvalue weighted by Crippen LogP contribution is 2.37. The highest BCUT2D eigenvalue weighted by atomic mass is 32.2. The van der Waals surface area contributed by atoms with Crippen molar-refractivity contribution in [2.24, 2.45) is 20.5 Å². The van der Waals surface area contributed by atoms with Gasteiger partial charge in [-0.15, -0.1) is 19.7 Å². The van der Waals surface area contributed by atoms with Crippen molar-refractivity contribution in [1.29, 1.82) is 0 Å². The third kappa shape index (κ3) is 5.76. The van der Waals surface area contributed by atoms with Crippen molar-refractivity contribution in [1.82, 2.24) is 9.97 Å². The lowest BCUT2D eigenvalue weighted by atomic mass is 10.1. The molecule has 220 valence electrons. The molecule has 0 aliphatic carbocycles. The average Bonchev–Trinajstić information content (AvgIpc) is 3.02. The van der Waals surface area contributed by atoms with Gasteiger partial charge in [0.05, 0.1) is 39.3 Å². The van der Waals surface area contributed by atoms with Crippen molar-refractivity contribution in [2.75, 3.05) is 0 Å². The lowest BCUT2D eigenvalue weighted by molar-refractivity contribution is -0.432. The summed E-state index contributed by atoms with van der Waals surface area (Å²) < 4.78 is 37.0. The second kappa shape index (κ2) is 11.9. The van der Waals surface area contributed by atoms with E-state index >= 15 is 0 Å². The topological polar surface area (TPSA) is 208 Å². The maximum Gasteiger partial charge on any atom is 0.294 e. The zero-order valence-electron chi connectivity index (χ0n) is 22.0. The number of aromatic hydroxyl groups is 1. The van der Waals surface area contributed by atoms with Gasteiger partial charge in [-0.3, -0.25) is 14.3 Å². The molecule has 4 N–H and O–H groups in total. The van der Waals surface area contributed by atoms with Gasteiger partial charge in [-0.1, -0.05) is 23.2 Å². The third-order valence-electron chi connectivity index (χ3n) is 6.47.